The Morgan fingerprint density at radius 2 is 1.45 bits per heavy atom. The third-order valence-electron chi connectivity index (χ3n) is 13.4. The van der Waals surface area contributed by atoms with Crippen molar-refractivity contribution in [3.63, 3.8) is 0 Å². The van der Waals surface area contributed by atoms with Crippen molar-refractivity contribution < 1.29 is 57.6 Å². The van der Waals surface area contributed by atoms with Crippen LogP contribution in [0.5, 0.6) is 0 Å². The van der Waals surface area contributed by atoms with E-state index in [1.54, 1.807) is 105 Å². The monoisotopic (exact) mass is 817 g/mol. The SMILES string of the molecule is C=C(C)[C@@]12C[C@H](OC(=O)[C@H](O)[C@@H](NC(=O)c3ccccc3)c3ccccc3)C(C)=C1[C@@H](OC(C)=O)C(=O)[C@]13C[C@H]1C[C@H]1OC[C@@]1(OC(C)=O)[C@H]3[C@@H]2OC(=O)c1ccccc1. The summed E-state index contributed by atoms with van der Waals surface area (Å²) in [5.74, 6) is -5.43. The summed E-state index contributed by atoms with van der Waals surface area (Å²) < 4.78 is 31.1. The summed E-state index contributed by atoms with van der Waals surface area (Å²) in [4.78, 5) is 83.4. The molecule has 3 saturated carbocycles. The number of benzene rings is 3. The number of fused-ring (bicyclic) bond motifs is 3. The number of ether oxygens (including phenoxy) is 5. The topological polar surface area (TPSA) is 181 Å². The number of aliphatic hydroxyl groups excluding tert-OH is 1. The molecule has 4 fully saturated rings. The second-order valence-corrected chi connectivity index (χ2v) is 16.7. The van der Waals surface area contributed by atoms with Crippen LogP contribution in [0.1, 0.15) is 79.3 Å². The lowest BCUT2D eigenvalue weighted by Crippen LogP contribution is -2.73. The van der Waals surface area contributed by atoms with Gasteiger partial charge in [-0.15, -0.1) is 0 Å². The molecule has 1 saturated heterocycles. The number of hydrogen-bond acceptors (Lipinski definition) is 12. The van der Waals surface area contributed by atoms with Crippen LogP contribution in [0.2, 0.25) is 0 Å². The van der Waals surface area contributed by atoms with Crippen molar-refractivity contribution in [1.29, 1.82) is 0 Å². The minimum atomic E-state index is -1.92. The lowest BCUT2D eigenvalue weighted by atomic mass is 9.56. The number of amides is 1. The van der Waals surface area contributed by atoms with Crippen molar-refractivity contribution in [2.45, 2.75) is 89.1 Å². The van der Waals surface area contributed by atoms with Gasteiger partial charge >= 0.3 is 23.9 Å². The van der Waals surface area contributed by atoms with Gasteiger partial charge in [-0.1, -0.05) is 78.9 Å². The highest BCUT2D eigenvalue weighted by atomic mass is 16.6. The third kappa shape index (κ3) is 6.46. The van der Waals surface area contributed by atoms with E-state index in [0.717, 1.165) is 0 Å². The minimum absolute atomic E-state index is 0.0776. The molecule has 8 rings (SSSR count). The number of carbonyl (C=O) groups excluding carboxylic acids is 6. The lowest BCUT2D eigenvalue weighted by molar-refractivity contribution is -0.308. The van der Waals surface area contributed by atoms with Crippen LogP contribution < -0.4 is 5.32 Å². The summed E-state index contributed by atoms with van der Waals surface area (Å²) in [6.07, 6.45) is -5.95. The fourth-order valence-electron chi connectivity index (χ4n) is 10.6. The maximum atomic E-state index is 15.4. The minimum Gasteiger partial charge on any atom is -0.457 e. The smallest absolute Gasteiger partial charge is 0.338 e. The first-order valence-corrected chi connectivity index (χ1v) is 20.1. The van der Waals surface area contributed by atoms with Crippen LogP contribution in [0.15, 0.2) is 114 Å². The van der Waals surface area contributed by atoms with Crippen LogP contribution in [-0.4, -0.2) is 83.4 Å². The van der Waals surface area contributed by atoms with Crippen LogP contribution in [0.4, 0.5) is 0 Å². The van der Waals surface area contributed by atoms with Crippen LogP contribution in [0.25, 0.3) is 0 Å². The van der Waals surface area contributed by atoms with Gasteiger partial charge in [0, 0.05) is 31.2 Å². The van der Waals surface area contributed by atoms with E-state index in [0.29, 0.717) is 35.1 Å². The van der Waals surface area contributed by atoms with Crippen molar-refractivity contribution in [1.82, 2.24) is 5.32 Å². The van der Waals surface area contributed by atoms with Crippen molar-refractivity contribution in [2.75, 3.05) is 6.61 Å². The summed E-state index contributed by atoms with van der Waals surface area (Å²) in [5, 5.41) is 14.5. The summed E-state index contributed by atoms with van der Waals surface area (Å²) in [5.41, 5.74) is -2.27. The molecule has 60 heavy (non-hydrogen) atoms. The van der Waals surface area contributed by atoms with Crippen LogP contribution in [0, 0.1) is 22.7 Å². The number of esters is 4. The largest absolute Gasteiger partial charge is 0.457 e. The summed E-state index contributed by atoms with van der Waals surface area (Å²) in [7, 11) is 0. The third-order valence-corrected chi connectivity index (χ3v) is 13.4. The van der Waals surface area contributed by atoms with Gasteiger partial charge in [-0.2, -0.15) is 0 Å². The molecule has 5 aliphatic rings. The maximum absolute atomic E-state index is 15.4. The molecule has 0 unspecified atom stereocenters. The second-order valence-electron chi connectivity index (χ2n) is 16.7. The Morgan fingerprint density at radius 1 is 0.833 bits per heavy atom. The molecule has 3 aromatic rings. The number of Topliss-reactive ketones (excluding diaryl/α,β-unsaturated/α-hetero) is 1. The first-order valence-electron chi connectivity index (χ1n) is 20.1. The Balaban J connectivity index is 1.24. The molecule has 2 N–H and O–H groups in total. The highest BCUT2D eigenvalue weighted by Crippen LogP contribution is 2.76. The van der Waals surface area contributed by atoms with Gasteiger partial charge < -0.3 is 34.1 Å². The lowest BCUT2D eigenvalue weighted by Gasteiger charge is -2.59. The van der Waals surface area contributed by atoms with Gasteiger partial charge in [-0.05, 0) is 73.6 Å². The first kappa shape index (κ1) is 40.8. The highest BCUT2D eigenvalue weighted by Gasteiger charge is 2.84. The fraction of sp³-hybridized carbons (Fsp3) is 0.404. The Bertz CT molecular complexity index is 2290. The van der Waals surface area contributed by atoms with Crippen LogP contribution in [0.3, 0.4) is 0 Å². The number of nitrogens with one attached hydrogen (secondary N) is 1. The van der Waals surface area contributed by atoms with Gasteiger partial charge in [0.1, 0.15) is 18.3 Å². The zero-order valence-electron chi connectivity index (χ0n) is 33.8. The predicted octanol–water partition coefficient (Wildman–Crippen LogP) is 5.18. The first-order chi connectivity index (χ1) is 28.7. The molecule has 1 heterocycles. The van der Waals surface area contributed by atoms with Gasteiger partial charge in [0.05, 0.1) is 29.5 Å². The molecule has 4 aliphatic carbocycles. The average Bonchev–Trinajstić information content (AvgIpc) is 3.90. The van der Waals surface area contributed by atoms with Gasteiger partial charge in [-0.3, -0.25) is 19.2 Å². The zero-order valence-corrected chi connectivity index (χ0v) is 33.8. The molecule has 1 spiro atoms. The zero-order chi connectivity index (χ0) is 42.7. The predicted molar refractivity (Wildman–Crippen MR) is 213 cm³/mol. The van der Waals surface area contributed by atoms with E-state index in [-0.39, 0.29) is 30.1 Å². The van der Waals surface area contributed by atoms with Crippen molar-refractivity contribution >= 4 is 35.6 Å². The maximum Gasteiger partial charge on any atom is 0.338 e. The molecule has 0 radical (unpaired) electrons. The molecule has 1 aliphatic heterocycles. The summed E-state index contributed by atoms with van der Waals surface area (Å²) >= 11 is 0. The second kappa shape index (κ2) is 15.3. The van der Waals surface area contributed by atoms with E-state index >= 15 is 4.79 Å². The van der Waals surface area contributed by atoms with Crippen LogP contribution >= 0.6 is 0 Å². The Kier molecular flexibility index (Phi) is 10.4. The van der Waals surface area contributed by atoms with E-state index in [9.17, 15) is 29.1 Å². The highest BCUT2D eigenvalue weighted by molar-refractivity contribution is 5.98. The number of hydrogen-bond donors (Lipinski definition) is 2. The van der Waals surface area contributed by atoms with E-state index in [4.69, 9.17) is 23.7 Å². The molecule has 0 aromatic heterocycles. The average molecular weight is 818 g/mol. The van der Waals surface area contributed by atoms with Crippen molar-refractivity contribution in [3.05, 3.63) is 131 Å². The molecule has 3 aromatic carbocycles. The standard InChI is InChI=1S/C47H47NO12/c1-25(2)45-23-33(58-44(55)37(51)36(29-15-9-6-10-16-29)48-42(53)30-17-11-7-12-18-30)26(3)35(45)38(57-27(4)49)40(52)46-22-32(46)21-34-47(24-56-34,60-28(5)50)39(46)41(45)59-43(54)31-19-13-8-14-20-31/h6-20,32-34,36-39,41,51H,1,21-24H2,2-5H3,(H,48,53)/t32-,33+,34-,36+,37-,38-,39+,41+,45+,46-,47+/m1/s1. The summed E-state index contributed by atoms with van der Waals surface area (Å²) in [6, 6.07) is 23.9. The van der Waals surface area contributed by atoms with Crippen molar-refractivity contribution in [2.24, 2.45) is 22.7 Å². The number of ketones is 1. The Hall–Kier alpha value is -5.92. The number of aliphatic hydroxyl groups is 1. The van der Waals surface area contributed by atoms with Crippen LogP contribution in [-0.2, 0) is 42.9 Å². The Labute approximate surface area is 347 Å². The van der Waals surface area contributed by atoms with Crippen molar-refractivity contribution in [3.8, 4) is 0 Å². The van der Waals surface area contributed by atoms with E-state index < -0.39 is 94.5 Å². The number of carbonyl (C=O) groups is 6. The molecular formula is C47H47NO12. The van der Waals surface area contributed by atoms with E-state index in [1.165, 1.54) is 13.8 Å². The normalized spacial score (nSPS) is 31.9. The van der Waals surface area contributed by atoms with Gasteiger partial charge in [0.15, 0.2) is 23.6 Å². The number of rotatable bonds is 11. The van der Waals surface area contributed by atoms with Gasteiger partial charge in [0.25, 0.3) is 5.91 Å². The molecular weight excluding hydrogens is 771 g/mol. The fourth-order valence-corrected chi connectivity index (χ4v) is 10.6. The molecule has 11 atom stereocenters. The molecule has 13 nitrogen and oxygen atoms in total. The van der Waals surface area contributed by atoms with E-state index in [1.807, 2.05) is 0 Å². The molecule has 0 bridgehead atoms. The molecule has 312 valence electrons. The van der Waals surface area contributed by atoms with E-state index in [2.05, 4.69) is 11.9 Å². The van der Waals surface area contributed by atoms with Gasteiger partial charge in [-0.25, -0.2) is 9.59 Å². The quantitative estimate of drug-likeness (QED) is 0.147. The molecule has 13 heteroatoms. The molecule has 1 amide bonds. The summed E-state index contributed by atoms with van der Waals surface area (Å²) in [6.45, 7) is 10.1. The Morgan fingerprint density at radius 3 is 2.02 bits per heavy atom. The van der Waals surface area contributed by atoms with Gasteiger partial charge in [0.2, 0.25) is 0 Å².